The van der Waals surface area contributed by atoms with Crippen LogP contribution in [-0.2, 0) is 57.7 Å². The molecule has 7 rings (SSSR count). The van der Waals surface area contributed by atoms with Crippen LogP contribution in [0.2, 0.25) is 0 Å². The summed E-state index contributed by atoms with van der Waals surface area (Å²) in [7, 11) is -10.8. The number of unbranched alkanes of at least 4 members (excludes halogenated alkanes) is 2. The van der Waals surface area contributed by atoms with E-state index in [-0.39, 0.29) is 74.2 Å². The molecular weight excluding hydrogens is 1140 g/mol. The first-order valence-corrected chi connectivity index (χ1v) is 29.7. The number of benzene rings is 4. The molecule has 4 aliphatic rings. The van der Waals surface area contributed by atoms with Crippen LogP contribution in [0.25, 0.3) is 39.5 Å². The van der Waals surface area contributed by atoms with Crippen LogP contribution < -0.4 is 26.7 Å². The second kappa shape index (κ2) is 30.6. The summed E-state index contributed by atoms with van der Waals surface area (Å²) in [5.74, 6) is -0.883. The molecule has 3 aromatic rings. The molecule has 450 valence electrons. The van der Waals surface area contributed by atoms with Crippen LogP contribution in [0.4, 0.5) is 5.69 Å². The molecule has 2 fully saturated rings. The Balaban J connectivity index is 0.781. The summed E-state index contributed by atoms with van der Waals surface area (Å²) in [6.45, 7) is 1.68. The number of ether oxygens (including phenoxy) is 4. The van der Waals surface area contributed by atoms with E-state index in [0.29, 0.717) is 71.2 Å². The van der Waals surface area contributed by atoms with Gasteiger partial charge in [-0.05, 0) is 110 Å². The van der Waals surface area contributed by atoms with E-state index in [0.717, 1.165) is 29.4 Å². The summed E-state index contributed by atoms with van der Waals surface area (Å²) < 4.78 is 103. The largest absolute Gasteiger partial charge is 0.726 e. The summed E-state index contributed by atoms with van der Waals surface area (Å²) in [5, 5.41) is 55.0. The number of aryl methyl sites for hydroxylation is 1. The Morgan fingerprint density at radius 2 is 1.57 bits per heavy atom. The maximum atomic E-state index is 13.6. The van der Waals surface area contributed by atoms with E-state index >= 15 is 0 Å². The lowest BCUT2D eigenvalue weighted by atomic mass is 9.90. The van der Waals surface area contributed by atoms with Crippen molar-refractivity contribution in [1.82, 2.24) is 16.0 Å². The summed E-state index contributed by atoms with van der Waals surface area (Å²) in [4.78, 5) is 38.2. The molecule has 0 radical (unpaired) electrons. The normalized spacial score (nSPS) is 21.3. The molecule has 2 aliphatic heterocycles. The van der Waals surface area contributed by atoms with Gasteiger partial charge >= 0.3 is 0 Å². The maximum absolute atomic E-state index is 13.6. The average Bonchev–Trinajstić information content (AvgIpc) is 3.99. The third kappa shape index (κ3) is 19.7. The number of nitrogens with one attached hydrogen (secondary N) is 4. The molecule has 3 aromatic carbocycles. The number of hydrogen-bond acceptors (Lipinski definition) is 21. The molecule has 0 bridgehead atoms. The Kier molecular flexibility index (Phi) is 23.8. The summed E-state index contributed by atoms with van der Waals surface area (Å²) in [5.41, 5.74) is 4.94. The second-order valence-electron chi connectivity index (χ2n) is 19.8. The van der Waals surface area contributed by atoms with Gasteiger partial charge in [0.25, 0.3) is 0 Å². The van der Waals surface area contributed by atoms with E-state index in [1.165, 1.54) is 12.1 Å². The quantitative estimate of drug-likeness (QED) is 0.00648. The summed E-state index contributed by atoms with van der Waals surface area (Å²) >= 11 is 5.52. The molecule has 2 heterocycles. The Morgan fingerprint density at radius 1 is 0.819 bits per heavy atom. The Hall–Kier alpha value is -6.12. The molecule has 1 saturated heterocycles. The number of aliphatic hydroxyl groups excluding tert-OH is 3. The number of carbonyl (C=O) groups excluding carboxylic acids is 2. The zero-order chi connectivity index (χ0) is 59.7. The van der Waals surface area contributed by atoms with Crippen molar-refractivity contribution in [3.05, 3.63) is 130 Å². The smallest absolute Gasteiger partial charge is 0.245 e. The van der Waals surface area contributed by atoms with Crippen molar-refractivity contribution in [2.45, 2.75) is 76.0 Å². The summed E-state index contributed by atoms with van der Waals surface area (Å²) in [6, 6.07) is 25.0. The van der Waals surface area contributed by atoms with Gasteiger partial charge in [-0.25, -0.2) is 16.8 Å². The fraction of sp³-hybridized carbons (Fsp3) is 0.429. The van der Waals surface area contributed by atoms with Crippen molar-refractivity contribution < 1.29 is 87.7 Å². The van der Waals surface area contributed by atoms with Crippen LogP contribution in [0.5, 0.6) is 0 Å². The standard InChI is InChI=1S/C56H68N4O20S3/c1-34-12-17-41-45(27-34)78-46-31-39(61)16-19-42(46)49(41)40-18-15-38(30-44(40)54(66)67)60-56(81)59-21-7-3-6-20-57-48(62)33-75-26-25-74-23-8-11-37-28-36(14-13-35-9-4-2-5-10-35)29-43(37)53(65)58-22-24-76-55-51(64)52(80-83(71,72)73)50(63)47(79-55)32-77-82(68,69)70/h2,4-5,8-19,27,30-31,36-37,43,47,50-52,54-55,63-64,66-67H,3,6-7,20-26,28-29,32-33H2,1H3,(H,57,62)(H,58,65)(H2,59,60,81)(H,68,69,70)(H,71,72,73)/p-2/b11-8+,14-13+. The molecule has 2 aliphatic carbocycles. The van der Waals surface area contributed by atoms with E-state index in [1.54, 1.807) is 30.3 Å². The minimum absolute atomic E-state index is 0.0345. The van der Waals surface area contributed by atoms with Crippen LogP contribution in [0.3, 0.4) is 0 Å². The van der Waals surface area contributed by atoms with Crippen LogP contribution in [0.1, 0.15) is 55.1 Å². The zero-order valence-electron chi connectivity index (χ0n) is 45.0. The minimum atomic E-state index is -5.51. The van der Waals surface area contributed by atoms with E-state index in [2.05, 4.69) is 29.6 Å². The monoisotopic (exact) mass is 1210 g/mol. The first kappa shape index (κ1) is 64.4. The number of anilines is 1. The van der Waals surface area contributed by atoms with Gasteiger partial charge in [0.05, 0.1) is 33.0 Å². The van der Waals surface area contributed by atoms with Gasteiger partial charge in [0.2, 0.25) is 32.6 Å². The maximum Gasteiger partial charge on any atom is 0.245 e. The van der Waals surface area contributed by atoms with Gasteiger partial charge in [-0.3, -0.25) is 22.7 Å². The fourth-order valence-corrected chi connectivity index (χ4v) is 10.8. The van der Waals surface area contributed by atoms with Crippen molar-refractivity contribution >= 4 is 72.7 Å². The number of rotatable bonds is 29. The lowest BCUT2D eigenvalue weighted by Crippen LogP contribution is -2.61. The third-order valence-electron chi connectivity index (χ3n) is 13.6. The highest BCUT2D eigenvalue weighted by molar-refractivity contribution is 7.81. The van der Waals surface area contributed by atoms with Crippen molar-refractivity contribution in [1.29, 1.82) is 0 Å². The molecule has 27 heteroatoms. The molecule has 2 amide bonds. The molecule has 1 saturated carbocycles. The van der Waals surface area contributed by atoms with Crippen molar-refractivity contribution in [3.8, 4) is 22.5 Å². The second-order valence-corrected chi connectivity index (χ2v) is 22.2. The molecular formula is C56H66N4O20S3-2. The fourth-order valence-electron chi connectivity index (χ4n) is 9.75. The van der Waals surface area contributed by atoms with E-state index in [1.807, 2.05) is 73.7 Å². The van der Waals surface area contributed by atoms with Gasteiger partial charge in [0, 0.05) is 59.4 Å². The molecule has 0 spiro atoms. The Labute approximate surface area is 485 Å². The molecule has 83 heavy (non-hydrogen) atoms. The SMILES string of the molecule is Cc1ccc2c(-c3ccc(NC(=S)NCCCCCNC(=O)COCCOC/C=C/C4CC(/C=C/c5ccccc5)CC4C(=O)NCCOC4OC(COS(=O)(=O)[O-])C(O)C(OS(=O)(=O)[O-])C4O)cc3C(O)O)c3ccc(=O)cc-3oc2c1. The molecule has 8 atom stereocenters. The van der Waals surface area contributed by atoms with Gasteiger partial charge in [0.15, 0.2) is 23.1 Å². The van der Waals surface area contributed by atoms with E-state index in [4.69, 9.17) is 35.6 Å². The Morgan fingerprint density at radius 3 is 2.31 bits per heavy atom. The average molecular weight is 1210 g/mol. The number of amides is 2. The van der Waals surface area contributed by atoms with Crippen LogP contribution in [0, 0.1) is 24.7 Å². The lowest BCUT2D eigenvalue weighted by molar-refractivity contribution is -0.295. The highest BCUT2D eigenvalue weighted by atomic mass is 32.3. The van der Waals surface area contributed by atoms with Gasteiger partial charge in [-0.1, -0.05) is 72.8 Å². The van der Waals surface area contributed by atoms with Crippen LogP contribution >= 0.6 is 12.2 Å². The number of aliphatic hydroxyl groups is 4. The van der Waals surface area contributed by atoms with Crippen molar-refractivity contribution in [2.75, 3.05) is 64.6 Å². The van der Waals surface area contributed by atoms with Crippen LogP contribution in [0.15, 0.2) is 112 Å². The van der Waals surface area contributed by atoms with Gasteiger partial charge in [0.1, 0.15) is 42.4 Å². The molecule has 8 unspecified atom stereocenters. The molecule has 8 N–H and O–H groups in total. The van der Waals surface area contributed by atoms with Crippen LogP contribution in [-0.4, -0.2) is 153 Å². The van der Waals surface area contributed by atoms with E-state index < -0.39 is 70.3 Å². The highest BCUT2D eigenvalue weighted by Gasteiger charge is 2.47. The van der Waals surface area contributed by atoms with Gasteiger partial charge in [-0.2, -0.15) is 0 Å². The lowest BCUT2D eigenvalue weighted by Gasteiger charge is -2.42. The van der Waals surface area contributed by atoms with E-state index in [9.17, 15) is 60.8 Å². The third-order valence-corrected chi connectivity index (χ3v) is 14.8. The highest BCUT2D eigenvalue weighted by Crippen LogP contribution is 2.43. The number of thiocarbonyl (C=S) groups is 1. The topological polar surface area (TPSA) is 363 Å². The van der Waals surface area contributed by atoms with Gasteiger partial charge in [-0.15, -0.1) is 0 Å². The van der Waals surface area contributed by atoms with Gasteiger partial charge < -0.3 is 74.2 Å². The number of fused-ring (bicyclic) bond motifs is 2. The predicted octanol–water partition coefficient (Wildman–Crippen LogP) is 3.28. The summed E-state index contributed by atoms with van der Waals surface area (Å²) in [6.07, 6.45) is -0.716. The number of hydrogen-bond donors (Lipinski definition) is 8. The first-order valence-electron chi connectivity index (χ1n) is 26.6. The predicted molar refractivity (Wildman–Crippen MR) is 303 cm³/mol. The molecule has 0 aromatic heterocycles. The van der Waals surface area contributed by atoms with Crippen molar-refractivity contribution in [3.63, 3.8) is 0 Å². The van der Waals surface area contributed by atoms with Crippen molar-refractivity contribution in [2.24, 2.45) is 17.8 Å². The number of allylic oxidation sites excluding steroid dienone is 2. The number of carbonyl (C=O) groups is 2. The zero-order valence-corrected chi connectivity index (χ0v) is 47.5. The molecule has 24 nitrogen and oxygen atoms in total. The first-order chi connectivity index (χ1) is 39.6. The minimum Gasteiger partial charge on any atom is -0.726 e. The Bertz CT molecular complexity index is 3310.